The molecule has 0 N–H and O–H groups in total. The van der Waals surface area contributed by atoms with Crippen LogP contribution in [0.5, 0.6) is 0 Å². The van der Waals surface area contributed by atoms with Crippen LogP contribution >= 0.6 is 11.8 Å². The minimum atomic E-state index is -0.180. The van der Waals surface area contributed by atoms with Gasteiger partial charge < -0.3 is 9.64 Å². The van der Waals surface area contributed by atoms with Crippen molar-refractivity contribution in [3.8, 4) is 0 Å². The number of ether oxygens (including phenoxy) is 1. The molecule has 0 saturated carbocycles. The maximum absolute atomic E-state index is 11.7. The van der Waals surface area contributed by atoms with Crippen LogP contribution in [0.15, 0.2) is 119 Å². The molecule has 0 aliphatic heterocycles. The Bertz CT molecular complexity index is 1180. The second-order valence-corrected chi connectivity index (χ2v) is 10.5. The number of hydrogen-bond acceptors (Lipinski definition) is 4. The minimum absolute atomic E-state index is 0.180. The second kappa shape index (κ2) is 15.0. The van der Waals surface area contributed by atoms with Gasteiger partial charge in [-0.25, -0.2) is 0 Å². The number of anilines is 1. The lowest BCUT2D eigenvalue weighted by Crippen LogP contribution is -2.26. The van der Waals surface area contributed by atoms with Crippen LogP contribution in [0.25, 0.3) is 0 Å². The summed E-state index contributed by atoms with van der Waals surface area (Å²) in [6.07, 6.45) is 4.76. The zero-order valence-electron chi connectivity index (χ0n) is 22.2. The summed E-state index contributed by atoms with van der Waals surface area (Å²) in [5.41, 5.74) is 5.05. The van der Waals surface area contributed by atoms with Gasteiger partial charge in [-0.3, -0.25) is 4.79 Å². The van der Waals surface area contributed by atoms with E-state index in [9.17, 15) is 4.79 Å². The van der Waals surface area contributed by atoms with E-state index in [-0.39, 0.29) is 5.97 Å². The largest absolute Gasteiger partial charge is 0.466 e. The fraction of sp³-hybridized carbons (Fsp3) is 0.265. The second-order valence-electron chi connectivity index (χ2n) is 9.39. The summed E-state index contributed by atoms with van der Waals surface area (Å²) in [6, 6.07) is 38.6. The van der Waals surface area contributed by atoms with Gasteiger partial charge in [-0.15, -0.1) is 0 Å². The molecule has 38 heavy (non-hydrogen) atoms. The lowest BCUT2D eigenvalue weighted by atomic mass is 10.1. The average molecular weight is 524 g/mol. The van der Waals surface area contributed by atoms with E-state index in [1.54, 1.807) is 11.8 Å². The monoisotopic (exact) mass is 523 g/mol. The summed E-state index contributed by atoms with van der Waals surface area (Å²) < 4.78 is 5.05. The molecule has 0 heterocycles. The molecule has 4 rings (SSSR count). The first-order valence-corrected chi connectivity index (χ1v) is 14.4. The smallest absolute Gasteiger partial charge is 0.310 e. The fourth-order valence-corrected chi connectivity index (χ4v) is 5.34. The molecular weight excluding hydrogens is 486 g/mol. The third-order valence-corrected chi connectivity index (χ3v) is 7.50. The van der Waals surface area contributed by atoms with Crippen molar-refractivity contribution in [3.05, 3.63) is 126 Å². The molecule has 0 atom stereocenters. The average Bonchev–Trinajstić information content (AvgIpc) is 2.95. The molecule has 0 aliphatic rings. The quantitative estimate of drug-likeness (QED) is 0.157. The van der Waals surface area contributed by atoms with E-state index in [1.807, 2.05) is 19.1 Å². The van der Waals surface area contributed by atoms with Gasteiger partial charge in [0, 0.05) is 28.6 Å². The molecular formula is C34H37NO2S. The molecule has 0 aromatic heterocycles. The van der Waals surface area contributed by atoms with Gasteiger partial charge in [0.25, 0.3) is 0 Å². The molecule has 0 saturated heterocycles. The molecule has 4 aromatic carbocycles. The summed E-state index contributed by atoms with van der Waals surface area (Å²) in [6.45, 7) is 4.33. The van der Waals surface area contributed by atoms with Gasteiger partial charge in [0.2, 0.25) is 0 Å². The molecule has 0 unspecified atom stereocenters. The van der Waals surface area contributed by atoms with Crippen molar-refractivity contribution in [1.29, 1.82) is 0 Å². The van der Waals surface area contributed by atoms with Crippen LogP contribution in [0.2, 0.25) is 0 Å². The highest BCUT2D eigenvalue weighted by Crippen LogP contribution is 2.30. The van der Waals surface area contributed by atoms with Crippen LogP contribution in [0.3, 0.4) is 0 Å². The molecule has 196 valence electrons. The van der Waals surface area contributed by atoms with Crippen molar-refractivity contribution in [1.82, 2.24) is 0 Å². The first-order valence-electron chi connectivity index (χ1n) is 13.5. The summed E-state index contributed by atoms with van der Waals surface area (Å²) >= 11 is 1.74. The molecule has 0 spiro atoms. The Kier molecular flexibility index (Phi) is 10.9. The van der Waals surface area contributed by atoms with Crippen molar-refractivity contribution in [2.24, 2.45) is 0 Å². The van der Waals surface area contributed by atoms with E-state index in [0.717, 1.165) is 49.2 Å². The van der Waals surface area contributed by atoms with Crippen LogP contribution in [-0.2, 0) is 28.8 Å². The number of hydrogen-bond donors (Lipinski definition) is 0. The SMILES string of the molecule is CCOC(=O)Cc1ccc(Sc2ccc(N(CCCc3ccccc3)CCCc3ccccc3)cc2)cc1. The first kappa shape index (κ1) is 27.5. The van der Waals surface area contributed by atoms with E-state index in [0.29, 0.717) is 13.0 Å². The Labute approximate surface area is 231 Å². The number of nitrogens with zero attached hydrogens (tertiary/aromatic N) is 1. The minimum Gasteiger partial charge on any atom is -0.466 e. The highest BCUT2D eigenvalue weighted by molar-refractivity contribution is 7.99. The molecule has 0 radical (unpaired) electrons. The number of esters is 1. The standard InChI is InChI=1S/C34H37NO2S/c1-2-37-34(36)27-30-17-21-32(22-18-30)38-33-23-19-31(20-24-33)35(25-9-15-28-11-5-3-6-12-28)26-10-16-29-13-7-4-8-14-29/h3-8,11-14,17-24H,2,9-10,15-16,25-27H2,1H3. The maximum Gasteiger partial charge on any atom is 0.310 e. The number of benzene rings is 4. The van der Waals surface area contributed by atoms with E-state index in [4.69, 9.17) is 4.74 Å². The third-order valence-electron chi connectivity index (χ3n) is 6.49. The zero-order chi connectivity index (χ0) is 26.4. The van der Waals surface area contributed by atoms with Crippen LogP contribution in [-0.4, -0.2) is 25.7 Å². The molecule has 0 amide bonds. The van der Waals surface area contributed by atoms with E-state index in [1.165, 1.54) is 21.7 Å². The van der Waals surface area contributed by atoms with Crippen molar-refractivity contribution >= 4 is 23.4 Å². The Hall–Kier alpha value is -3.50. The Morgan fingerprint density at radius 2 is 1.16 bits per heavy atom. The zero-order valence-corrected chi connectivity index (χ0v) is 23.0. The lowest BCUT2D eigenvalue weighted by Gasteiger charge is -2.25. The predicted octanol–water partition coefficient (Wildman–Crippen LogP) is 8.02. The number of rotatable bonds is 14. The van der Waals surface area contributed by atoms with Crippen molar-refractivity contribution in [2.45, 2.75) is 48.8 Å². The third kappa shape index (κ3) is 9.11. The Morgan fingerprint density at radius 1 is 0.658 bits per heavy atom. The van der Waals surface area contributed by atoms with Gasteiger partial charge in [0.15, 0.2) is 0 Å². The van der Waals surface area contributed by atoms with Crippen molar-refractivity contribution in [3.63, 3.8) is 0 Å². The fourth-order valence-electron chi connectivity index (χ4n) is 4.52. The van der Waals surface area contributed by atoms with E-state index < -0.39 is 0 Å². The van der Waals surface area contributed by atoms with Gasteiger partial charge in [-0.1, -0.05) is 84.6 Å². The van der Waals surface area contributed by atoms with Gasteiger partial charge in [0.05, 0.1) is 13.0 Å². The van der Waals surface area contributed by atoms with E-state index >= 15 is 0 Å². The summed E-state index contributed by atoms with van der Waals surface area (Å²) in [5, 5.41) is 0. The molecule has 3 nitrogen and oxygen atoms in total. The van der Waals surface area contributed by atoms with Crippen molar-refractivity contribution < 1.29 is 9.53 Å². The normalized spacial score (nSPS) is 10.8. The van der Waals surface area contributed by atoms with Gasteiger partial charge in [-0.2, -0.15) is 0 Å². The number of aryl methyl sites for hydroxylation is 2. The molecule has 0 fully saturated rings. The summed E-state index contributed by atoms with van der Waals surface area (Å²) in [4.78, 5) is 16.6. The highest BCUT2D eigenvalue weighted by atomic mass is 32.2. The van der Waals surface area contributed by atoms with Crippen LogP contribution in [0.1, 0.15) is 36.5 Å². The van der Waals surface area contributed by atoms with Gasteiger partial charge in [0.1, 0.15) is 0 Å². The van der Waals surface area contributed by atoms with Crippen molar-refractivity contribution in [2.75, 3.05) is 24.6 Å². The lowest BCUT2D eigenvalue weighted by molar-refractivity contribution is -0.142. The summed E-state index contributed by atoms with van der Waals surface area (Å²) in [5.74, 6) is -0.180. The first-order chi connectivity index (χ1) is 18.7. The number of carbonyl (C=O) groups excluding carboxylic acids is 1. The van der Waals surface area contributed by atoms with Crippen LogP contribution < -0.4 is 4.90 Å². The summed E-state index contributed by atoms with van der Waals surface area (Å²) in [7, 11) is 0. The van der Waals surface area contributed by atoms with E-state index in [2.05, 4.69) is 102 Å². The highest BCUT2D eigenvalue weighted by Gasteiger charge is 2.09. The molecule has 4 aromatic rings. The predicted molar refractivity (Wildman–Crippen MR) is 159 cm³/mol. The Morgan fingerprint density at radius 3 is 1.66 bits per heavy atom. The Balaban J connectivity index is 1.35. The maximum atomic E-state index is 11.7. The van der Waals surface area contributed by atoms with Crippen LogP contribution in [0.4, 0.5) is 5.69 Å². The molecule has 0 aliphatic carbocycles. The van der Waals surface area contributed by atoms with Gasteiger partial charge in [-0.05, 0) is 85.7 Å². The topological polar surface area (TPSA) is 29.5 Å². The van der Waals surface area contributed by atoms with Crippen LogP contribution in [0, 0.1) is 0 Å². The molecule has 4 heteroatoms. The van der Waals surface area contributed by atoms with Gasteiger partial charge >= 0.3 is 5.97 Å². The molecule has 0 bridgehead atoms. The number of carbonyl (C=O) groups is 1.